The number of nitrogens with one attached hydrogen (secondary N) is 1. The van der Waals surface area contributed by atoms with Crippen LogP contribution in [0.25, 0.3) is 0 Å². The summed E-state index contributed by atoms with van der Waals surface area (Å²) in [6, 6.07) is 8.20. The fourth-order valence-corrected chi connectivity index (χ4v) is 1.93. The van der Waals surface area contributed by atoms with Crippen molar-refractivity contribution in [2.24, 2.45) is 0 Å². The summed E-state index contributed by atoms with van der Waals surface area (Å²) in [6.45, 7) is 3.94. The third kappa shape index (κ3) is 4.29. The van der Waals surface area contributed by atoms with E-state index in [-0.39, 0.29) is 6.10 Å². The molecule has 0 aromatic heterocycles. The van der Waals surface area contributed by atoms with E-state index in [1.165, 1.54) is 5.56 Å². The molecule has 1 atom stereocenters. The van der Waals surface area contributed by atoms with Crippen molar-refractivity contribution in [1.29, 1.82) is 0 Å². The Balaban J connectivity index is 1.80. The third-order valence-electron chi connectivity index (χ3n) is 2.90. The Morgan fingerprint density at radius 1 is 1.44 bits per heavy atom. The highest BCUT2D eigenvalue weighted by Crippen LogP contribution is 2.18. The highest BCUT2D eigenvalue weighted by molar-refractivity contribution is 5.28. The molecule has 0 saturated carbocycles. The average Bonchev–Trinajstić information content (AvgIpc) is 2.88. The Bertz CT molecular complexity index is 351. The van der Waals surface area contributed by atoms with E-state index in [2.05, 4.69) is 17.4 Å². The Kier molecular flexibility index (Phi) is 5.45. The van der Waals surface area contributed by atoms with E-state index in [4.69, 9.17) is 14.2 Å². The van der Waals surface area contributed by atoms with E-state index in [1.807, 2.05) is 12.1 Å². The Labute approximate surface area is 108 Å². The molecule has 1 aromatic rings. The molecule has 1 fully saturated rings. The van der Waals surface area contributed by atoms with Gasteiger partial charge in [-0.1, -0.05) is 12.1 Å². The van der Waals surface area contributed by atoms with Gasteiger partial charge in [-0.15, -0.1) is 0 Å². The first kappa shape index (κ1) is 13.3. The molecule has 1 heterocycles. The maximum Gasteiger partial charge on any atom is 0.124 e. The van der Waals surface area contributed by atoms with Crippen LogP contribution < -0.4 is 10.1 Å². The second-order valence-corrected chi connectivity index (χ2v) is 4.42. The molecule has 1 unspecified atom stereocenters. The molecule has 4 heteroatoms. The van der Waals surface area contributed by atoms with Gasteiger partial charge in [-0.2, -0.15) is 0 Å². The number of hydrogen-bond donors (Lipinski definition) is 1. The van der Waals surface area contributed by atoms with Crippen molar-refractivity contribution >= 4 is 0 Å². The Morgan fingerprint density at radius 3 is 3.17 bits per heavy atom. The van der Waals surface area contributed by atoms with E-state index in [0.29, 0.717) is 6.61 Å². The van der Waals surface area contributed by atoms with Crippen LogP contribution in [0.1, 0.15) is 12.0 Å². The maximum atomic E-state index is 5.87. The molecule has 18 heavy (non-hydrogen) atoms. The molecular formula is C14H21NO3. The number of hydrogen-bond acceptors (Lipinski definition) is 4. The predicted molar refractivity (Wildman–Crippen MR) is 69.9 cm³/mol. The van der Waals surface area contributed by atoms with E-state index in [0.717, 1.165) is 38.5 Å². The van der Waals surface area contributed by atoms with Gasteiger partial charge in [0.2, 0.25) is 0 Å². The summed E-state index contributed by atoms with van der Waals surface area (Å²) in [5.74, 6) is 0.927. The van der Waals surface area contributed by atoms with Crippen molar-refractivity contribution in [3.8, 4) is 5.75 Å². The first-order chi connectivity index (χ1) is 8.88. The summed E-state index contributed by atoms with van der Waals surface area (Å²) < 4.78 is 16.2. The molecule has 1 aliphatic rings. The van der Waals surface area contributed by atoms with Crippen LogP contribution in [0.3, 0.4) is 0 Å². The van der Waals surface area contributed by atoms with Crippen LogP contribution in [0, 0.1) is 0 Å². The highest BCUT2D eigenvalue weighted by Gasteiger charge is 2.16. The van der Waals surface area contributed by atoms with Gasteiger partial charge in [-0.3, -0.25) is 0 Å². The normalized spacial score (nSPS) is 19.1. The summed E-state index contributed by atoms with van der Waals surface area (Å²) in [4.78, 5) is 0. The molecule has 0 bridgehead atoms. The molecule has 0 radical (unpaired) electrons. The van der Waals surface area contributed by atoms with Crippen LogP contribution in [-0.4, -0.2) is 39.6 Å². The van der Waals surface area contributed by atoms with Crippen LogP contribution >= 0.6 is 0 Å². The SMILES string of the molecule is COCCNCc1cccc(OC2CCOC2)c1. The average molecular weight is 251 g/mol. The number of rotatable bonds is 7. The van der Waals surface area contributed by atoms with Crippen LogP contribution in [-0.2, 0) is 16.0 Å². The van der Waals surface area contributed by atoms with Crippen LogP contribution in [0.2, 0.25) is 0 Å². The number of methoxy groups -OCH3 is 1. The Hall–Kier alpha value is -1.10. The molecule has 1 saturated heterocycles. The van der Waals surface area contributed by atoms with Gasteiger partial charge in [0.25, 0.3) is 0 Å². The second-order valence-electron chi connectivity index (χ2n) is 4.42. The lowest BCUT2D eigenvalue weighted by Gasteiger charge is -2.13. The standard InChI is InChI=1S/C14H21NO3/c1-16-8-6-15-10-12-3-2-4-13(9-12)18-14-5-7-17-11-14/h2-4,9,14-15H,5-8,10-11H2,1H3. The van der Waals surface area contributed by atoms with Crippen molar-refractivity contribution in [2.75, 3.05) is 33.5 Å². The summed E-state index contributed by atoms with van der Waals surface area (Å²) in [6.07, 6.45) is 1.19. The largest absolute Gasteiger partial charge is 0.488 e. The van der Waals surface area contributed by atoms with Gasteiger partial charge in [0, 0.05) is 26.6 Å². The summed E-state index contributed by atoms with van der Waals surface area (Å²) >= 11 is 0. The molecule has 0 spiro atoms. The lowest BCUT2D eigenvalue weighted by molar-refractivity contribution is 0.141. The lowest BCUT2D eigenvalue weighted by atomic mass is 10.2. The number of ether oxygens (including phenoxy) is 3. The smallest absolute Gasteiger partial charge is 0.124 e. The molecule has 0 aliphatic carbocycles. The van der Waals surface area contributed by atoms with E-state index >= 15 is 0 Å². The van der Waals surface area contributed by atoms with Gasteiger partial charge < -0.3 is 19.5 Å². The topological polar surface area (TPSA) is 39.7 Å². The second kappa shape index (κ2) is 7.36. The molecule has 2 rings (SSSR count). The zero-order chi connectivity index (χ0) is 12.6. The van der Waals surface area contributed by atoms with E-state index in [9.17, 15) is 0 Å². The minimum Gasteiger partial charge on any atom is -0.488 e. The van der Waals surface area contributed by atoms with Crippen LogP contribution in [0.15, 0.2) is 24.3 Å². The molecule has 100 valence electrons. The summed E-state index contributed by atoms with van der Waals surface area (Å²) in [7, 11) is 1.71. The maximum absolute atomic E-state index is 5.87. The zero-order valence-corrected chi connectivity index (χ0v) is 10.9. The van der Waals surface area contributed by atoms with Gasteiger partial charge in [-0.25, -0.2) is 0 Å². The van der Waals surface area contributed by atoms with E-state index in [1.54, 1.807) is 7.11 Å². The third-order valence-corrected chi connectivity index (χ3v) is 2.90. The summed E-state index contributed by atoms with van der Waals surface area (Å²) in [5.41, 5.74) is 1.22. The lowest BCUT2D eigenvalue weighted by Crippen LogP contribution is -2.19. The summed E-state index contributed by atoms with van der Waals surface area (Å²) in [5, 5.41) is 3.32. The minimum absolute atomic E-state index is 0.210. The molecule has 0 amide bonds. The molecule has 1 aliphatic heterocycles. The molecule has 1 aromatic carbocycles. The molecular weight excluding hydrogens is 230 g/mol. The predicted octanol–water partition coefficient (Wildman–Crippen LogP) is 1.59. The van der Waals surface area contributed by atoms with Gasteiger partial charge in [0.15, 0.2) is 0 Å². The fourth-order valence-electron chi connectivity index (χ4n) is 1.93. The van der Waals surface area contributed by atoms with Crippen molar-refractivity contribution in [3.63, 3.8) is 0 Å². The highest BCUT2D eigenvalue weighted by atomic mass is 16.5. The van der Waals surface area contributed by atoms with Gasteiger partial charge in [0.05, 0.1) is 19.8 Å². The molecule has 4 nitrogen and oxygen atoms in total. The van der Waals surface area contributed by atoms with Crippen molar-refractivity contribution in [3.05, 3.63) is 29.8 Å². The van der Waals surface area contributed by atoms with Gasteiger partial charge >= 0.3 is 0 Å². The van der Waals surface area contributed by atoms with Crippen molar-refractivity contribution < 1.29 is 14.2 Å². The fraction of sp³-hybridized carbons (Fsp3) is 0.571. The Morgan fingerprint density at radius 2 is 2.39 bits per heavy atom. The monoisotopic (exact) mass is 251 g/mol. The van der Waals surface area contributed by atoms with E-state index < -0.39 is 0 Å². The zero-order valence-electron chi connectivity index (χ0n) is 10.9. The van der Waals surface area contributed by atoms with Gasteiger partial charge in [-0.05, 0) is 17.7 Å². The van der Waals surface area contributed by atoms with Crippen LogP contribution in [0.4, 0.5) is 0 Å². The quantitative estimate of drug-likeness (QED) is 0.747. The molecule has 1 N–H and O–H groups in total. The minimum atomic E-state index is 0.210. The van der Waals surface area contributed by atoms with Crippen molar-refractivity contribution in [1.82, 2.24) is 5.32 Å². The van der Waals surface area contributed by atoms with Crippen LogP contribution in [0.5, 0.6) is 5.75 Å². The van der Waals surface area contributed by atoms with Crippen molar-refractivity contribution in [2.45, 2.75) is 19.1 Å². The first-order valence-electron chi connectivity index (χ1n) is 6.41. The number of benzene rings is 1. The first-order valence-corrected chi connectivity index (χ1v) is 6.41. The van der Waals surface area contributed by atoms with Gasteiger partial charge in [0.1, 0.15) is 11.9 Å².